The first kappa shape index (κ1) is 14.9. The molecule has 2 nitrogen and oxygen atoms in total. The summed E-state index contributed by atoms with van der Waals surface area (Å²) in [6.07, 6.45) is 9.80. The molecule has 2 heteroatoms. The van der Waals surface area contributed by atoms with Crippen LogP contribution >= 0.6 is 0 Å². The first-order valence-corrected chi connectivity index (χ1v) is 8.89. The molecule has 1 unspecified atom stereocenters. The lowest BCUT2D eigenvalue weighted by Gasteiger charge is -2.37. The molecule has 0 spiro atoms. The van der Waals surface area contributed by atoms with Gasteiger partial charge >= 0.3 is 0 Å². The van der Waals surface area contributed by atoms with E-state index in [-0.39, 0.29) is 0 Å². The lowest BCUT2D eigenvalue weighted by atomic mass is 9.84. The molecule has 3 rings (SSSR count). The van der Waals surface area contributed by atoms with E-state index < -0.39 is 0 Å². The Morgan fingerprint density at radius 1 is 0.952 bits per heavy atom. The molecule has 116 valence electrons. The van der Waals surface area contributed by atoms with E-state index in [2.05, 4.69) is 47.5 Å². The topological polar surface area (TPSA) is 15.3 Å². The second-order valence-electron chi connectivity index (χ2n) is 6.95. The molecule has 1 saturated carbocycles. The predicted octanol–water partition coefficient (Wildman–Crippen LogP) is 4.21. The molecule has 0 radical (unpaired) electrons. The number of rotatable bonds is 4. The van der Waals surface area contributed by atoms with Gasteiger partial charge in [-0.3, -0.25) is 0 Å². The van der Waals surface area contributed by atoms with Crippen molar-refractivity contribution in [3.63, 3.8) is 0 Å². The van der Waals surface area contributed by atoms with Gasteiger partial charge in [0, 0.05) is 30.9 Å². The van der Waals surface area contributed by atoms with Gasteiger partial charge < -0.3 is 10.2 Å². The largest absolute Gasteiger partial charge is 0.371 e. The Bertz CT molecular complexity index is 403. The summed E-state index contributed by atoms with van der Waals surface area (Å²) in [6, 6.07) is 12.3. The van der Waals surface area contributed by atoms with Crippen LogP contribution in [0.25, 0.3) is 0 Å². The van der Waals surface area contributed by atoms with Crippen LogP contribution in [-0.4, -0.2) is 25.2 Å². The van der Waals surface area contributed by atoms with Crippen molar-refractivity contribution in [2.75, 3.05) is 18.0 Å². The van der Waals surface area contributed by atoms with E-state index in [4.69, 9.17) is 0 Å². The van der Waals surface area contributed by atoms with Gasteiger partial charge in [-0.2, -0.15) is 0 Å². The van der Waals surface area contributed by atoms with Gasteiger partial charge in [-0.05, 0) is 50.7 Å². The van der Waals surface area contributed by atoms with Crippen LogP contribution in [0.1, 0.15) is 51.9 Å². The van der Waals surface area contributed by atoms with Crippen molar-refractivity contribution < 1.29 is 0 Å². The van der Waals surface area contributed by atoms with E-state index in [0.717, 1.165) is 12.0 Å². The summed E-state index contributed by atoms with van der Waals surface area (Å²) in [5, 5.41) is 3.93. The highest BCUT2D eigenvalue weighted by molar-refractivity contribution is 5.46. The van der Waals surface area contributed by atoms with Crippen LogP contribution in [0.2, 0.25) is 0 Å². The number of piperidine rings is 1. The second-order valence-corrected chi connectivity index (χ2v) is 6.95. The summed E-state index contributed by atoms with van der Waals surface area (Å²) in [7, 11) is 0. The number of para-hydroxylation sites is 1. The second kappa shape index (κ2) is 7.31. The molecule has 1 aromatic rings. The van der Waals surface area contributed by atoms with Gasteiger partial charge in [0.2, 0.25) is 0 Å². The van der Waals surface area contributed by atoms with Gasteiger partial charge in [-0.1, -0.05) is 37.5 Å². The Balaban J connectivity index is 1.45. The molecule has 0 bridgehead atoms. The summed E-state index contributed by atoms with van der Waals surface area (Å²) >= 11 is 0. The summed E-state index contributed by atoms with van der Waals surface area (Å²) < 4.78 is 0. The van der Waals surface area contributed by atoms with Crippen LogP contribution in [0.5, 0.6) is 0 Å². The maximum Gasteiger partial charge on any atom is 0.0366 e. The molecular formula is C19H30N2. The van der Waals surface area contributed by atoms with E-state index >= 15 is 0 Å². The molecular weight excluding hydrogens is 256 g/mol. The Hall–Kier alpha value is -1.02. The Kier molecular flexibility index (Phi) is 5.18. The number of anilines is 1. The molecule has 2 fully saturated rings. The van der Waals surface area contributed by atoms with Crippen LogP contribution in [0.15, 0.2) is 30.3 Å². The van der Waals surface area contributed by atoms with Gasteiger partial charge in [-0.25, -0.2) is 0 Å². The van der Waals surface area contributed by atoms with Gasteiger partial charge in [0.05, 0.1) is 0 Å². The lowest BCUT2D eigenvalue weighted by molar-refractivity contribution is 0.251. The molecule has 1 aliphatic carbocycles. The standard InChI is InChI=1S/C19H30N2/c1-16(17-8-4-2-5-9-17)20-18-12-14-21(15-13-18)19-10-6-3-7-11-19/h3,6-7,10-11,16-18,20H,2,4-5,8-9,12-15H2,1H3. The minimum Gasteiger partial charge on any atom is -0.371 e. The zero-order valence-electron chi connectivity index (χ0n) is 13.4. The third-order valence-electron chi connectivity index (χ3n) is 5.47. The Labute approximate surface area is 129 Å². The van der Waals surface area contributed by atoms with Crippen molar-refractivity contribution in [1.82, 2.24) is 5.32 Å². The first-order valence-electron chi connectivity index (χ1n) is 8.89. The molecule has 1 atom stereocenters. The van der Waals surface area contributed by atoms with Crippen molar-refractivity contribution in [1.29, 1.82) is 0 Å². The third-order valence-corrected chi connectivity index (χ3v) is 5.47. The maximum absolute atomic E-state index is 3.93. The normalized spacial score (nSPS) is 23.2. The van der Waals surface area contributed by atoms with Gasteiger partial charge in [0.1, 0.15) is 0 Å². The summed E-state index contributed by atoms with van der Waals surface area (Å²) in [5.41, 5.74) is 1.39. The highest BCUT2D eigenvalue weighted by atomic mass is 15.1. The number of nitrogens with one attached hydrogen (secondary N) is 1. The fourth-order valence-corrected chi connectivity index (χ4v) is 4.09. The molecule has 1 saturated heterocycles. The number of benzene rings is 1. The zero-order chi connectivity index (χ0) is 14.5. The van der Waals surface area contributed by atoms with Crippen molar-refractivity contribution in [3.05, 3.63) is 30.3 Å². The third kappa shape index (κ3) is 4.00. The summed E-state index contributed by atoms with van der Waals surface area (Å²) in [5.74, 6) is 0.922. The van der Waals surface area contributed by atoms with E-state index in [9.17, 15) is 0 Å². The van der Waals surface area contributed by atoms with Crippen LogP contribution in [0, 0.1) is 5.92 Å². The van der Waals surface area contributed by atoms with E-state index in [1.165, 1.54) is 63.7 Å². The van der Waals surface area contributed by atoms with Crippen molar-refractivity contribution in [2.45, 2.75) is 64.0 Å². The van der Waals surface area contributed by atoms with Crippen molar-refractivity contribution in [3.8, 4) is 0 Å². The van der Waals surface area contributed by atoms with E-state index in [1.807, 2.05) is 0 Å². The smallest absolute Gasteiger partial charge is 0.0366 e. The number of nitrogens with zero attached hydrogens (tertiary/aromatic N) is 1. The molecule has 0 amide bonds. The summed E-state index contributed by atoms with van der Waals surface area (Å²) in [4.78, 5) is 2.53. The Morgan fingerprint density at radius 3 is 2.29 bits per heavy atom. The minimum atomic E-state index is 0.707. The highest BCUT2D eigenvalue weighted by Gasteiger charge is 2.25. The fourth-order valence-electron chi connectivity index (χ4n) is 4.09. The molecule has 1 aliphatic heterocycles. The van der Waals surface area contributed by atoms with Gasteiger partial charge in [0.25, 0.3) is 0 Å². The molecule has 1 N–H and O–H groups in total. The zero-order valence-corrected chi connectivity index (χ0v) is 13.4. The van der Waals surface area contributed by atoms with Crippen LogP contribution in [-0.2, 0) is 0 Å². The SMILES string of the molecule is CC(NC1CCN(c2ccccc2)CC1)C1CCCCC1. The van der Waals surface area contributed by atoms with Crippen molar-refractivity contribution >= 4 is 5.69 Å². The quantitative estimate of drug-likeness (QED) is 0.892. The minimum absolute atomic E-state index is 0.707. The van der Waals surface area contributed by atoms with E-state index in [1.54, 1.807) is 0 Å². The van der Waals surface area contributed by atoms with Crippen LogP contribution in [0.3, 0.4) is 0 Å². The Morgan fingerprint density at radius 2 is 1.62 bits per heavy atom. The number of hydrogen-bond acceptors (Lipinski definition) is 2. The van der Waals surface area contributed by atoms with E-state index in [0.29, 0.717) is 6.04 Å². The monoisotopic (exact) mass is 286 g/mol. The number of hydrogen-bond donors (Lipinski definition) is 1. The molecule has 2 aliphatic rings. The van der Waals surface area contributed by atoms with Gasteiger partial charge in [-0.15, -0.1) is 0 Å². The molecule has 0 aromatic heterocycles. The highest BCUT2D eigenvalue weighted by Crippen LogP contribution is 2.27. The molecule has 1 heterocycles. The van der Waals surface area contributed by atoms with Gasteiger partial charge in [0.15, 0.2) is 0 Å². The average molecular weight is 286 g/mol. The fraction of sp³-hybridized carbons (Fsp3) is 0.684. The van der Waals surface area contributed by atoms with Crippen LogP contribution in [0.4, 0.5) is 5.69 Å². The first-order chi connectivity index (χ1) is 10.3. The average Bonchev–Trinajstić information content (AvgIpc) is 2.57. The van der Waals surface area contributed by atoms with Crippen molar-refractivity contribution in [2.24, 2.45) is 5.92 Å². The van der Waals surface area contributed by atoms with Crippen LogP contribution < -0.4 is 10.2 Å². The summed E-state index contributed by atoms with van der Waals surface area (Å²) in [6.45, 7) is 4.80. The molecule has 1 aromatic carbocycles. The lowest BCUT2D eigenvalue weighted by Crippen LogP contribution is -2.47. The maximum atomic E-state index is 3.93. The predicted molar refractivity (Wildman–Crippen MR) is 90.8 cm³/mol. The molecule has 21 heavy (non-hydrogen) atoms.